The van der Waals surface area contributed by atoms with Gasteiger partial charge in [0.1, 0.15) is 5.58 Å². The maximum absolute atomic E-state index is 7.03. The lowest BCUT2D eigenvalue weighted by molar-refractivity contribution is 0.195. The Morgan fingerprint density at radius 1 is 0.559 bits per heavy atom. The van der Waals surface area contributed by atoms with E-state index in [1.54, 1.807) is 0 Å². The van der Waals surface area contributed by atoms with Gasteiger partial charge in [-0.2, -0.15) is 0 Å². The third-order valence-corrected chi connectivity index (χ3v) is 18.0. The van der Waals surface area contributed by atoms with Crippen LogP contribution in [-0.4, -0.2) is 16.8 Å². The van der Waals surface area contributed by atoms with E-state index in [2.05, 4.69) is 217 Å². The molecule has 0 spiro atoms. The molecule has 2 atom stereocenters. The van der Waals surface area contributed by atoms with Crippen molar-refractivity contribution in [2.45, 2.75) is 122 Å². The summed E-state index contributed by atoms with van der Waals surface area (Å²) in [5.74, 6) is 0. The molecule has 68 heavy (non-hydrogen) atoms. The molecule has 5 heterocycles. The number of aromatic nitrogens is 1. The van der Waals surface area contributed by atoms with Crippen molar-refractivity contribution >= 4 is 84.4 Å². The van der Waals surface area contributed by atoms with Crippen LogP contribution in [0.25, 0.3) is 49.7 Å². The first-order valence-corrected chi connectivity index (χ1v) is 25.3. The fourth-order valence-corrected chi connectivity index (χ4v) is 14.3. The number of benzene rings is 7. The minimum absolute atomic E-state index is 0.0181. The zero-order chi connectivity index (χ0) is 46.6. The molecule has 14 rings (SSSR count). The first-order valence-electron chi connectivity index (χ1n) is 25.3. The molecule has 0 amide bonds. The van der Waals surface area contributed by atoms with Crippen molar-refractivity contribution < 1.29 is 4.42 Å². The van der Waals surface area contributed by atoms with Gasteiger partial charge in [0.15, 0.2) is 5.58 Å². The molecular weight excluding hydrogens is 826 g/mol. The highest BCUT2D eigenvalue weighted by Gasteiger charge is 2.58. The summed E-state index contributed by atoms with van der Waals surface area (Å²) in [6, 6.07) is 51.8. The Hall–Kier alpha value is -6.46. The highest BCUT2D eigenvalue weighted by molar-refractivity contribution is 7.00. The van der Waals surface area contributed by atoms with Gasteiger partial charge in [0.2, 0.25) is 0 Å². The van der Waals surface area contributed by atoms with Crippen LogP contribution in [0, 0.1) is 0 Å². The van der Waals surface area contributed by atoms with Crippen LogP contribution in [0.15, 0.2) is 138 Å². The smallest absolute Gasteiger partial charge is 0.252 e. The fraction of sp³-hybridized carbons (Fsp3) is 0.302. The van der Waals surface area contributed by atoms with Gasteiger partial charge in [-0.25, -0.2) is 0 Å². The van der Waals surface area contributed by atoms with Crippen LogP contribution >= 0.6 is 0 Å². The minimum atomic E-state index is -0.233. The molecule has 7 aromatic carbocycles. The number of hydrogen-bond acceptors (Lipinski definition) is 3. The third-order valence-electron chi connectivity index (χ3n) is 18.0. The van der Waals surface area contributed by atoms with Crippen LogP contribution < -0.4 is 26.2 Å². The van der Waals surface area contributed by atoms with Crippen LogP contribution in [0.4, 0.5) is 28.4 Å². The maximum Gasteiger partial charge on any atom is 0.252 e. The predicted octanol–water partition coefficient (Wildman–Crippen LogP) is 14.8. The van der Waals surface area contributed by atoms with Crippen molar-refractivity contribution in [2.75, 3.05) is 9.80 Å². The van der Waals surface area contributed by atoms with E-state index in [1.807, 2.05) is 0 Å². The molecule has 5 aliphatic rings. The molecule has 1 saturated carbocycles. The molecule has 2 aromatic heterocycles. The van der Waals surface area contributed by atoms with E-state index in [0.29, 0.717) is 0 Å². The van der Waals surface area contributed by atoms with Crippen molar-refractivity contribution in [2.24, 2.45) is 0 Å². The second kappa shape index (κ2) is 13.0. The number of furan rings is 1. The SMILES string of the molecule is CC(C)(C)c1ccc2c(c1)N(c1cccc3c1oc1ccccc13)c1cc(N3c4ccc(C(C)(C)C)cc4C4(C)CCCCC34C)cc3c1B2c1cccc2c4c(n-3c12)C(C)(C)c1ccccc1-4. The normalized spacial score (nSPS) is 20.7. The molecule has 0 radical (unpaired) electrons. The van der Waals surface area contributed by atoms with E-state index in [-0.39, 0.29) is 33.9 Å². The van der Waals surface area contributed by atoms with Crippen LogP contribution in [-0.2, 0) is 21.7 Å². The summed E-state index contributed by atoms with van der Waals surface area (Å²) in [5.41, 5.74) is 24.1. The van der Waals surface area contributed by atoms with E-state index in [0.717, 1.165) is 34.0 Å². The van der Waals surface area contributed by atoms with Crippen LogP contribution in [0.3, 0.4) is 0 Å². The number of rotatable bonds is 2. The van der Waals surface area contributed by atoms with Gasteiger partial charge in [-0.3, -0.25) is 0 Å². The van der Waals surface area contributed by atoms with E-state index < -0.39 is 0 Å². The van der Waals surface area contributed by atoms with E-state index >= 15 is 0 Å². The lowest BCUT2D eigenvalue weighted by Crippen LogP contribution is -2.61. The minimum Gasteiger partial charge on any atom is -0.454 e. The van der Waals surface area contributed by atoms with Gasteiger partial charge in [-0.1, -0.05) is 172 Å². The number of nitrogens with zero attached hydrogens (tertiary/aromatic N) is 3. The van der Waals surface area contributed by atoms with Crippen molar-refractivity contribution in [1.29, 1.82) is 0 Å². The molecule has 0 saturated heterocycles. The summed E-state index contributed by atoms with van der Waals surface area (Å²) < 4.78 is 9.78. The van der Waals surface area contributed by atoms with Gasteiger partial charge in [-0.15, -0.1) is 0 Å². The molecule has 0 N–H and O–H groups in total. The molecule has 2 unspecified atom stereocenters. The van der Waals surface area contributed by atoms with E-state index in [4.69, 9.17) is 4.42 Å². The Balaban J connectivity index is 1.15. The first-order chi connectivity index (χ1) is 32.5. The van der Waals surface area contributed by atoms with Crippen LogP contribution in [0.5, 0.6) is 0 Å². The monoisotopic (exact) mass is 885 g/mol. The molecule has 336 valence electrons. The Labute approximate surface area is 401 Å². The summed E-state index contributed by atoms with van der Waals surface area (Å²) in [6.45, 7) is 24.2. The molecule has 4 nitrogen and oxygen atoms in total. The summed E-state index contributed by atoms with van der Waals surface area (Å²) in [6.07, 6.45) is 4.77. The third kappa shape index (κ3) is 4.93. The largest absolute Gasteiger partial charge is 0.454 e. The van der Waals surface area contributed by atoms with Crippen molar-refractivity contribution in [3.05, 3.63) is 161 Å². The van der Waals surface area contributed by atoms with E-state index in [9.17, 15) is 0 Å². The summed E-state index contributed by atoms with van der Waals surface area (Å²) in [4.78, 5) is 5.44. The second-order valence-corrected chi connectivity index (χ2v) is 24.0. The maximum atomic E-state index is 7.03. The molecule has 3 aliphatic heterocycles. The lowest BCUT2D eigenvalue weighted by atomic mass is 9.33. The predicted molar refractivity (Wildman–Crippen MR) is 288 cm³/mol. The van der Waals surface area contributed by atoms with Gasteiger partial charge >= 0.3 is 0 Å². The van der Waals surface area contributed by atoms with Gasteiger partial charge in [0.25, 0.3) is 6.71 Å². The number of hydrogen-bond donors (Lipinski definition) is 0. The first kappa shape index (κ1) is 40.6. The quantitative estimate of drug-likeness (QED) is 0.162. The fourth-order valence-electron chi connectivity index (χ4n) is 14.3. The molecule has 1 fully saturated rings. The summed E-state index contributed by atoms with van der Waals surface area (Å²) >= 11 is 0. The lowest BCUT2D eigenvalue weighted by Gasteiger charge is -2.51. The Bertz CT molecular complexity index is 3700. The Morgan fingerprint density at radius 3 is 2.07 bits per heavy atom. The number of anilines is 5. The van der Waals surface area contributed by atoms with Gasteiger partial charge < -0.3 is 18.8 Å². The number of fused-ring (bicyclic) bond motifs is 15. The Kier molecular flexibility index (Phi) is 7.76. The van der Waals surface area contributed by atoms with E-state index in [1.165, 1.54) is 114 Å². The second-order valence-electron chi connectivity index (χ2n) is 24.0. The Morgan fingerprint density at radius 2 is 1.25 bits per heavy atom. The van der Waals surface area contributed by atoms with Crippen molar-refractivity contribution in [3.63, 3.8) is 0 Å². The van der Waals surface area contributed by atoms with Gasteiger partial charge in [-0.05, 0) is 111 Å². The van der Waals surface area contributed by atoms with Crippen LogP contribution in [0.1, 0.15) is 123 Å². The molecule has 2 aliphatic carbocycles. The zero-order valence-corrected chi connectivity index (χ0v) is 41.4. The van der Waals surface area contributed by atoms with Crippen molar-refractivity contribution in [1.82, 2.24) is 4.57 Å². The molecule has 0 bridgehead atoms. The molecular formula is C63H60BN3O. The standard InChI is InChI=1S/C63H60BN3O/c1-59(2,3)37-28-30-48-45(33-37)62(9)31-15-16-32-63(62,10)67(48)39-35-51-55-52(36-39)66-56-43(54-42-20-11-13-23-44(42)61(7,8)58(54)66)22-17-24-47(56)64(55)46-29-27-38(60(4,5)6)34-50(46)65(51)49-25-18-21-41-40-19-12-14-26-53(40)68-57(41)49/h11-14,17-30,33-36H,15-16,31-32H2,1-10H3. The average Bonchev–Trinajstić information content (AvgIpc) is 4.00. The average molecular weight is 886 g/mol. The molecule has 9 aromatic rings. The van der Waals surface area contributed by atoms with Crippen molar-refractivity contribution in [3.8, 4) is 16.8 Å². The highest BCUT2D eigenvalue weighted by Crippen LogP contribution is 2.62. The van der Waals surface area contributed by atoms with Crippen LogP contribution in [0.2, 0.25) is 0 Å². The highest BCUT2D eigenvalue weighted by atomic mass is 16.3. The summed E-state index contributed by atoms with van der Waals surface area (Å²) in [7, 11) is 0. The molecule has 5 heteroatoms. The topological polar surface area (TPSA) is 24.6 Å². The number of para-hydroxylation sites is 3. The zero-order valence-electron chi connectivity index (χ0n) is 41.4. The van der Waals surface area contributed by atoms with Gasteiger partial charge in [0, 0.05) is 72.2 Å². The van der Waals surface area contributed by atoms with Gasteiger partial charge in [0.05, 0.1) is 11.2 Å². The summed E-state index contributed by atoms with van der Waals surface area (Å²) in [5, 5.41) is 3.64.